The fraction of sp³-hybridized carbons (Fsp3) is 0.185. The van der Waals surface area contributed by atoms with Crippen LogP contribution in [0.15, 0.2) is 67.0 Å². The van der Waals surface area contributed by atoms with E-state index in [1.54, 1.807) is 32.0 Å². The van der Waals surface area contributed by atoms with Gasteiger partial charge in [-0.25, -0.2) is 23.1 Å². The van der Waals surface area contributed by atoms with Crippen molar-refractivity contribution in [3.8, 4) is 28.0 Å². The first-order valence-corrected chi connectivity index (χ1v) is 10.7. The lowest BCUT2D eigenvalue weighted by Gasteiger charge is -2.10. The van der Waals surface area contributed by atoms with Gasteiger partial charge in [-0.15, -0.1) is 0 Å². The van der Waals surface area contributed by atoms with Gasteiger partial charge in [-0.1, -0.05) is 42.5 Å². The zero-order valence-electron chi connectivity index (χ0n) is 18.4. The molecule has 3 nitrogen and oxygen atoms in total. The number of aromatic nitrogens is 2. The third kappa shape index (κ3) is 5.06. The predicted octanol–water partition coefficient (Wildman–Crippen LogP) is 6.72. The largest absolute Gasteiger partial charge is 0.491 e. The minimum atomic E-state index is -0.896. The van der Waals surface area contributed by atoms with Crippen LogP contribution in [0.1, 0.15) is 23.9 Å². The number of hydrogen-bond acceptors (Lipinski definition) is 3. The van der Waals surface area contributed by atoms with Crippen molar-refractivity contribution in [1.82, 2.24) is 9.97 Å². The van der Waals surface area contributed by atoms with Gasteiger partial charge in [-0.2, -0.15) is 0 Å². The Balaban J connectivity index is 1.46. The predicted molar refractivity (Wildman–Crippen MR) is 123 cm³/mol. The Morgan fingerprint density at radius 1 is 0.758 bits per heavy atom. The van der Waals surface area contributed by atoms with Gasteiger partial charge in [-0.3, -0.25) is 0 Å². The molecule has 6 heteroatoms. The SMILES string of the molecule is CCOc1ccc(-c2ccc(CCc3ccc(-c4cnc(C)nc4)c(F)c3F)cc2)cc1F. The van der Waals surface area contributed by atoms with Gasteiger partial charge in [0.05, 0.1) is 6.61 Å². The molecule has 0 aliphatic heterocycles. The lowest BCUT2D eigenvalue weighted by atomic mass is 9.98. The Kier molecular flexibility index (Phi) is 6.73. The molecule has 0 unspecified atom stereocenters. The standard InChI is InChI=1S/C27H23F3N2O/c1-3-33-25-13-11-21(14-24(25)28)19-7-4-18(5-8-19)6-9-20-10-12-23(27(30)26(20)29)22-15-31-17(2)32-16-22/h4-5,7-8,10-16H,3,6,9H2,1-2H3. The van der Waals surface area contributed by atoms with E-state index in [2.05, 4.69) is 9.97 Å². The average molecular weight is 448 g/mol. The molecule has 4 rings (SSSR count). The molecule has 0 saturated carbocycles. The van der Waals surface area contributed by atoms with E-state index < -0.39 is 17.5 Å². The number of nitrogens with zero attached hydrogens (tertiary/aromatic N) is 2. The minimum Gasteiger partial charge on any atom is -0.491 e. The number of hydrogen-bond donors (Lipinski definition) is 0. The second kappa shape index (κ2) is 9.86. The van der Waals surface area contributed by atoms with Crippen molar-refractivity contribution in [1.29, 1.82) is 0 Å². The Bertz CT molecular complexity index is 1260. The quantitative estimate of drug-likeness (QED) is 0.315. The molecule has 0 aliphatic rings. The smallest absolute Gasteiger partial charge is 0.167 e. The Morgan fingerprint density at radius 3 is 2.12 bits per heavy atom. The molecule has 0 bridgehead atoms. The maximum atomic E-state index is 14.7. The topological polar surface area (TPSA) is 35.0 Å². The van der Waals surface area contributed by atoms with Gasteiger partial charge in [-0.05, 0) is 61.1 Å². The summed E-state index contributed by atoms with van der Waals surface area (Å²) in [5.41, 5.74) is 3.46. The van der Waals surface area contributed by atoms with Gasteiger partial charge in [0.25, 0.3) is 0 Å². The van der Waals surface area contributed by atoms with Gasteiger partial charge in [0, 0.05) is 23.5 Å². The second-order valence-corrected chi connectivity index (χ2v) is 7.69. The summed E-state index contributed by atoms with van der Waals surface area (Å²) in [6.45, 7) is 3.94. The van der Waals surface area contributed by atoms with Crippen LogP contribution in [0.3, 0.4) is 0 Å². The van der Waals surface area contributed by atoms with E-state index in [-0.39, 0.29) is 11.3 Å². The molecule has 0 aliphatic carbocycles. The highest BCUT2D eigenvalue weighted by atomic mass is 19.2. The van der Waals surface area contributed by atoms with Gasteiger partial charge < -0.3 is 4.74 Å². The summed E-state index contributed by atoms with van der Waals surface area (Å²) >= 11 is 0. The normalized spacial score (nSPS) is 10.9. The van der Waals surface area contributed by atoms with Gasteiger partial charge in [0.15, 0.2) is 23.2 Å². The van der Waals surface area contributed by atoms with E-state index >= 15 is 0 Å². The number of aryl methyl sites for hydroxylation is 3. The summed E-state index contributed by atoms with van der Waals surface area (Å²) in [5, 5.41) is 0. The molecule has 1 aromatic heterocycles. The number of halogens is 3. The fourth-order valence-electron chi connectivity index (χ4n) is 3.63. The van der Waals surface area contributed by atoms with Crippen LogP contribution in [0.2, 0.25) is 0 Å². The van der Waals surface area contributed by atoms with E-state index in [9.17, 15) is 13.2 Å². The summed E-state index contributed by atoms with van der Waals surface area (Å²) in [6.07, 6.45) is 3.86. The highest BCUT2D eigenvalue weighted by Crippen LogP contribution is 2.28. The Labute approximate surface area is 190 Å². The minimum absolute atomic E-state index is 0.142. The Morgan fingerprint density at radius 2 is 1.45 bits per heavy atom. The third-order valence-electron chi connectivity index (χ3n) is 5.46. The molecule has 0 N–H and O–H groups in total. The van der Waals surface area contributed by atoms with Crippen molar-refractivity contribution in [2.45, 2.75) is 26.7 Å². The molecule has 0 amide bonds. The molecule has 0 radical (unpaired) electrons. The van der Waals surface area contributed by atoms with E-state index in [1.807, 2.05) is 30.3 Å². The maximum Gasteiger partial charge on any atom is 0.167 e. The average Bonchev–Trinajstić information content (AvgIpc) is 2.82. The zero-order chi connectivity index (χ0) is 23.4. The highest BCUT2D eigenvalue weighted by Gasteiger charge is 2.15. The summed E-state index contributed by atoms with van der Waals surface area (Å²) in [6, 6.07) is 15.6. The number of rotatable bonds is 7. The van der Waals surface area contributed by atoms with Gasteiger partial charge >= 0.3 is 0 Å². The second-order valence-electron chi connectivity index (χ2n) is 7.69. The van der Waals surface area contributed by atoms with Crippen molar-refractivity contribution in [3.63, 3.8) is 0 Å². The molecular weight excluding hydrogens is 425 g/mol. The molecule has 33 heavy (non-hydrogen) atoms. The van der Waals surface area contributed by atoms with Crippen molar-refractivity contribution >= 4 is 0 Å². The van der Waals surface area contributed by atoms with E-state index in [0.29, 0.717) is 36.4 Å². The number of benzene rings is 3. The van der Waals surface area contributed by atoms with Crippen LogP contribution >= 0.6 is 0 Å². The molecular formula is C27H23F3N2O. The summed E-state index contributed by atoms with van der Waals surface area (Å²) in [7, 11) is 0. The van der Waals surface area contributed by atoms with Crippen LogP contribution in [0.5, 0.6) is 5.75 Å². The first kappa shape index (κ1) is 22.5. The highest BCUT2D eigenvalue weighted by molar-refractivity contribution is 5.65. The summed E-state index contributed by atoms with van der Waals surface area (Å²) < 4.78 is 48.7. The Hall–Kier alpha value is -3.67. The molecule has 0 fully saturated rings. The van der Waals surface area contributed by atoms with Crippen molar-refractivity contribution in [2.24, 2.45) is 0 Å². The summed E-state index contributed by atoms with van der Waals surface area (Å²) in [4.78, 5) is 8.09. The maximum absolute atomic E-state index is 14.7. The van der Waals surface area contributed by atoms with Crippen molar-refractivity contribution in [2.75, 3.05) is 6.61 Å². The van der Waals surface area contributed by atoms with Crippen LogP contribution < -0.4 is 4.74 Å². The molecule has 0 atom stereocenters. The lowest BCUT2D eigenvalue weighted by Crippen LogP contribution is -2.00. The van der Waals surface area contributed by atoms with Gasteiger partial charge in [0.1, 0.15) is 5.82 Å². The number of ether oxygens (including phenoxy) is 1. The first-order chi connectivity index (χ1) is 16.0. The molecule has 1 heterocycles. The molecule has 168 valence electrons. The van der Waals surface area contributed by atoms with Gasteiger partial charge in [0.2, 0.25) is 0 Å². The van der Waals surface area contributed by atoms with Crippen LogP contribution in [-0.4, -0.2) is 16.6 Å². The van der Waals surface area contributed by atoms with E-state index in [0.717, 1.165) is 16.7 Å². The molecule has 3 aromatic carbocycles. The van der Waals surface area contributed by atoms with E-state index in [4.69, 9.17) is 4.74 Å². The van der Waals surface area contributed by atoms with Crippen LogP contribution in [0.25, 0.3) is 22.3 Å². The molecule has 0 saturated heterocycles. The van der Waals surface area contributed by atoms with E-state index in [1.165, 1.54) is 18.5 Å². The first-order valence-electron chi connectivity index (χ1n) is 10.7. The van der Waals surface area contributed by atoms with Crippen LogP contribution in [0, 0.1) is 24.4 Å². The van der Waals surface area contributed by atoms with Crippen molar-refractivity contribution in [3.05, 3.63) is 101 Å². The molecule has 4 aromatic rings. The molecule has 0 spiro atoms. The van der Waals surface area contributed by atoms with Crippen LogP contribution in [-0.2, 0) is 12.8 Å². The lowest BCUT2D eigenvalue weighted by molar-refractivity contribution is 0.321. The third-order valence-corrected chi connectivity index (χ3v) is 5.46. The van der Waals surface area contributed by atoms with Crippen molar-refractivity contribution < 1.29 is 17.9 Å². The van der Waals surface area contributed by atoms with Crippen LogP contribution in [0.4, 0.5) is 13.2 Å². The fourth-order valence-corrected chi connectivity index (χ4v) is 3.63. The zero-order valence-corrected chi connectivity index (χ0v) is 18.4. The summed E-state index contributed by atoms with van der Waals surface area (Å²) in [5.74, 6) is -1.36. The monoisotopic (exact) mass is 448 g/mol.